The van der Waals surface area contributed by atoms with Crippen molar-refractivity contribution < 1.29 is 40.3 Å². The maximum absolute atomic E-state index is 8.74. The predicted octanol–water partition coefficient (Wildman–Crippen LogP) is -1.62. The summed E-state index contributed by atoms with van der Waals surface area (Å²) in [5.41, 5.74) is 0. The van der Waals surface area contributed by atoms with E-state index in [0.717, 1.165) is 0 Å². The molecule has 0 atom stereocenters. The number of hydrogen-bond acceptors (Lipinski definition) is 1. The Morgan fingerprint density at radius 1 is 1.40 bits per heavy atom. The van der Waals surface area contributed by atoms with E-state index in [1.54, 1.807) is 0 Å². The molecule has 0 radical (unpaired) electrons. The average molecular weight is 169 g/mol. The van der Waals surface area contributed by atoms with Crippen LogP contribution < -0.4 is 0 Å². The molecule has 3 nitrogen and oxygen atoms in total. The van der Waals surface area contributed by atoms with E-state index in [1.807, 2.05) is 0 Å². The van der Waals surface area contributed by atoms with Crippen LogP contribution in [0.5, 0.6) is 0 Å². The summed E-state index contributed by atoms with van der Waals surface area (Å²) >= 11 is 0. The molecule has 0 amide bonds. The van der Waals surface area contributed by atoms with Gasteiger partial charge in [0.25, 0.3) is 0 Å². The first-order valence-corrected chi connectivity index (χ1v) is 1.95. The molecule has 0 aliphatic heterocycles. The molecule has 0 saturated heterocycles. The first kappa shape index (κ1) is 9.09. The van der Waals surface area contributed by atoms with Crippen molar-refractivity contribution in [1.29, 1.82) is 0 Å². The SMILES string of the molecule is O=[Si](O)O.[Zr]. The summed E-state index contributed by atoms with van der Waals surface area (Å²) in [5, 5.41) is 0. The molecule has 0 unspecified atom stereocenters. The van der Waals surface area contributed by atoms with Crippen molar-refractivity contribution in [3.05, 3.63) is 0 Å². The monoisotopic (exact) mass is 168 g/mol. The van der Waals surface area contributed by atoms with E-state index in [4.69, 9.17) is 14.1 Å². The van der Waals surface area contributed by atoms with Gasteiger partial charge in [0.15, 0.2) is 0 Å². The minimum Gasteiger partial charge on any atom is -0.511 e. The smallest absolute Gasteiger partial charge is 0.511 e. The van der Waals surface area contributed by atoms with Gasteiger partial charge < -0.3 is 9.59 Å². The summed E-state index contributed by atoms with van der Waals surface area (Å²) in [5.74, 6) is 0. The second-order valence-electron chi connectivity index (χ2n) is 0.283. The minimum absolute atomic E-state index is 0. The first-order chi connectivity index (χ1) is 1.73. The third-order valence-corrected chi connectivity index (χ3v) is 0. The second kappa shape index (κ2) is 4.50. The van der Waals surface area contributed by atoms with Crippen molar-refractivity contribution in [2.75, 3.05) is 0 Å². The minimum atomic E-state index is -3.13. The van der Waals surface area contributed by atoms with Crippen molar-refractivity contribution in [3.63, 3.8) is 0 Å². The van der Waals surface area contributed by atoms with E-state index >= 15 is 0 Å². The maximum Gasteiger partial charge on any atom is 0.761 e. The third kappa shape index (κ3) is 113. The molecular weight excluding hydrogens is 167 g/mol. The largest absolute Gasteiger partial charge is 0.761 e. The molecule has 0 aromatic heterocycles. The van der Waals surface area contributed by atoms with Gasteiger partial charge in [0.1, 0.15) is 0 Å². The van der Waals surface area contributed by atoms with Crippen LogP contribution >= 0.6 is 0 Å². The van der Waals surface area contributed by atoms with Crippen molar-refractivity contribution in [1.82, 2.24) is 0 Å². The van der Waals surface area contributed by atoms with E-state index in [2.05, 4.69) is 0 Å². The summed E-state index contributed by atoms with van der Waals surface area (Å²) in [6.07, 6.45) is 0. The Bertz CT molecular complexity index is 29.9. The van der Waals surface area contributed by atoms with E-state index in [0.29, 0.717) is 0 Å². The summed E-state index contributed by atoms with van der Waals surface area (Å²) in [6.45, 7) is 0. The van der Waals surface area contributed by atoms with Crippen LogP contribution in [0.25, 0.3) is 0 Å². The molecule has 0 heterocycles. The Balaban J connectivity index is 0. The Morgan fingerprint density at radius 3 is 1.40 bits per heavy atom. The van der Waals surface area contributed by atoms with Crippen LogP contribution in [0.15, 0.2) is 0 Å². The summed E-state index contributed by atoms with van der Waals surface area (Å²) in [6, 6.07) is 0. The summed E-state index contributed by atoms with van der Waals surface area (Å²) in [4.78, 5) is 14.3. The van der Waals surface area contributed by atoms with Gasteiger partial charge >= 0.3 is 9.17 Å². The molecule has 2 N–H and O–H groups in total. The maximum atomic E-state index is 8.74. The Labute approximate surface area is 49.7 Å². The van der Waals surface area contributed by atoms with Crippen LogP contribution in [0.4, 0.5) is 0 Å². The van der Waals surface area contributed by atoms with Gasteiger partial charge in [-0.05, 0) is 0 Å². The molecule has 0 saturated carbocycles. The second-order valence-corrected chi connectivity index (χ2v) is 0.848. The van der Waals surface area contributed by atoms with Crippen LogP contribution in [0.3, 0.4) is 0 Å². The zero-order chi connectivity index (χ0) is 3.58. The average Bonchev–Trinajstić information content (AvgIpc) is 0.811. The van der Waals surface area contributed by atoms with Gasteiger partial charge in [-0.3, -0.25) is 4.46 Å². The van der Waals surface area contributed by atoms with Crippen LogP contribution in [0.1, 0.15) is 0 Å². The van der Waals surface area contributed by atoms with E-state index in [1.165, 1.54) is 0 Å². The predicted molar refractivity (Wildman–Crippen MR) is 10.9 cm³/mol. The zero-order valence-corrected chi connectivity index (χ0v) is 5.76. The molecule has 5 heteroatoms. The molecule has 0 fully saturated rings. The van der Waals surface area contributed by atoms with Crippen LogP contribution in [-0.4, -0.2) is 18.8 Å². The molecule has 0 aliphatic rings. The fourth-order valence-corrected chi connectivity index (χ4v) is 0. The van der Waals surface area contributed by atoms with Gasteiger partial charge in [-0.15, -0.1) is 0 Å². The molecule has 28 valence electrons. The Hall–Kier alpha value is 0.500. The summed E-state index contributed by atoms with van der Waals surface area (Å²) in [7, 11) is -3.13. The molecule has 0 spiro atoms. The van der Waals surface area contributed by atoms with Gasteiger partial charge in [0.05, 0.1) is 0 Å². The van der Waals surface area contributed by atoms with Gasteiger partial charge in [0, 0.05) is 26.2 Å². The molecule has 5 heavy (non-hydrogen) atoms. The third-order valence-electron chi connectivity index (χ3n) is 0. The molecular formula is H2O3SiZr. The number of rotatable bonds is 0. The van der Waals surface area contributed by atoms with E-state index in [9.17, 15) is 0 Å². The Kier molecular flexibility index (Phi) is 8.18. The Morgan fingerprint density at radius 2 is 1.40 bits per heavy atom. The van der Waals surface area contributed by atoms with Crippen molar-refractivity contribution in [2.24, 2.45) is 0 Å². The standard InChI is InChI=1S/H2O3Si.Zr/c1-4(2)3;/h1-2H;. The summed E-state index contributed by atoms with van der Waals surface area (Å²) < 4.78 is 8.74. The van der Waals surface area contributed by atoms with Crippen LogP contribution in [0.2, 0.25) is 0 Å². The van der Waals surface area contributed by atoms with Gasteiger partial charge in [0.2, 0.25) is 0 Å². The van der Waals surface area contributed by atoms with Crippen LogP contribution in [-0.2, 0) is 30.7 Å². The van der Waals surface area contributed by atoms with Crippen LogP contribution in [0, 0.1) is 0 Å². The first-order valence-electron chi connectivity index (χ1n) is 0.651. The fraction of sp³-hybridized carbons (Fsp3) is 0. The van der Waals surface area contributed by atoms with Crippen molar-refractivity contribution in [3.8, 4) is 0 Å². The van der Waals surface area contributed by atoms with E-state index < -0.39 is 9.17 Å². The number of hydrogen-bond donors (Lipinski definition) is 2. The molecule has 0 rings (SSSR count). The quantitative estimate of drug-likeness (QED) is 0.429. The van der Waals surface area contributed by atoms with Crippen molar-refractivity contribution in [2.45, 2.75) is 0 Å². The normalized spacial score (nSPS) is 4.80. The molecule has 0 aliphatic carbocycles. The molecule has 0 aromatic rings. The van der Waals surface area contributed by atoms with Crippen molar-refractivity contribution >= 4 is 9.17 Å². The molecule has 0 aromatic carbocycles. The van der Waals surface area contributed by atoms with Gasteiger partial charge in [-0.2, -0.15) is 0 Å². The zero-order valence-electron chi connectivity index (χ0n) is 2.30. The van der Waals surface area contributed by atoms with Gasteiger partial charge in [-0.1, -0.05) is 0 Å². The fourth-order valence-electron chi connectivity index (χ4n) is 0. The molecule has 0 bridgehead atoms. The van der Waals surface area contributed by atoms with E-state index in [-0.39, 0.29) is 26.2 Å². The van der Waals surface area contributed by atoms with Gasteiger partial charge in [-0.25, -0.2) is 0 Å². The topological polar surface area (TPSA) is 57.5 Å².